The number of nitrogens with one attached hydrogen (secondary N) is 2. The second-order valence-corrected chi connectivity index (χ2v) is 6.80. The van der Waals surface area contributed by atoms with E-state index in [0.29, 0.717) is 6.54 Å². The number of amides is 2. The monoisotopic (exact) mass is 298 g/mol. The molecular weight excluding hydrogens is 276 g/mol. The van der Waals surface area contributed by atoms with E-state index in [0.717, 1.165) is 6.42 Å². The molecule has 2 amide bonds. The van der Waals surface area contributed by atoms with Gasteiger partial charge in [0.1, 0.15) is 0 Å². The molecule has 1 aromatic heterocycles. The Hall–Kier alpha value is -1.56. The highest BCUT2D eigenvalue weighted by molar-refractivity contribution is 7.09. The van der Waals surface area contributed by atoms with Gasteiger partial charge in [-0.2, -0.15) is 0 Å². The van der Waals surface area contributed by atoms with Crippen molar-refractivity contribution in [2.24, 2.45) is 5.41 Å². The summed E-state index contributed by atoms with van der Waals surface area (Å²) >= 11 is 1.65. The SMILES string of the molecule is CC(C)(NC(=O)NCCc1cccs1)C(C)(C)C(=O)O. The molecule has 0 aliphatic heterocycles. The first kappa shape index (κ1) is 16.5. The molecule has 112 valence electrons. The Morgan fingerprint density at radius 1 is 1.30 bits per heavy atom. The average molecular weight is 298 g/mol. The first-order valence-corrected chi connectivity index (χ1v) is 7.36. The van der Waals surface area contributed by atoms with E-state index in [-0.39, 0.29) is 6.03 Å². The predicted octanol–water partition coefficient (Wildman–Crippen LogP) is 2.48. The van der Waals surface area contributed by atoms with Gasteiger partial charge >= 0.3 is 12.0 Å². The number of carbonyl (C=O) groups is 2. The number of hydrogen-bond donors (Lipinski definition) is 3. The summed E-state index contributed by atoms with van der Waals surface area (Å²) in [7, 11) is 0. The first-order valence-electron chi connectivity index (χ1n) is 6.48. The van der Waals surface area contributed by atoms with E-state index in [1.807, 2.05) is 17.5 Å². The molecule has 0 atom stereocenters. The van der Waals surface area contributed by atoms with E-state index in [1.54, 1.807) is 39.0 Å². The standard InChI is InChI=1S/C14H22N2O3S/c1-13(2,11(17)18)14(3,4)16-12(19)15-8-7-10-6-5-9-20-10/h5-6,9H,7-8H2,1-4H3,(H,17,18)(H2,15,16,19). The van der Waals surface area contributed by atoms with Crippen molar-refractivity contribution < 1.29 is 14.7 Å². The fraction of sp³-hybridized carbons (Fsp3) is 0.571. The lowest BCUT2D eigenvalue weighted by atomic mass is 9.74. The summed E-state index contributed by atoms with van der Waals surface area (Å²) in [6, 6.07) is 3.64. The van der Waals surface area contributed by atoms with Gasteiger partial charge in [-0.3, -0.25) is 4.79 Å². The molecule has 20 heavy (non-hydrogen) atoms. The molecule has 0 aliphatic rings. The summed E-state index contributed by atoms with van der Waals surface area (Å²) in [5, 5.41) is 16.7. The molecule has 6 heteroatoms. The molecule has 5 nitrogen and oxygen atoms in total. The molecule has 0 unspecified atom stereocenters. The maximum atomic E-state index is 11.8. The van der Waals surface area contributed by atoms with Crippen molar-refractivity contribution in [3.05, 3.63) is 22.4 Å². The molecular formula is C14H22N2O3S. The number of rotatable bonds is 6. The highest BCUT2D eigenvalue weighted by atomic mass is 32.1. The van der Waals surface area contributed by atoms with E-state index >= 15 is 0 Å². The number of carboxylic acid groups (broad SMARTS) is 1. The van der Waals surface area contributed by atoms with Crippen LogP contribution in [0.2, 0.25) is 0 Å². The molecule has 0 fully saturated rings. The number of carbonyl (C=O) groups excluding carboxylic acids is 1. The van der Waals surface area contributed by atoms with Crippen LogP contribution in [0.5, 0.6) is 0 Å². The maximum Gasteiger partial charge on any atom is 0.315 e. The molecule has 0 aliphatic carbocycles. The minimum absolute atomic E-state index is 0.346. The zero-order chi connectivity index (χ0) is 15.4. The predicted molar refractivity (Wildman–Crippen MR) is 80.1 cm³/mol. The van der Waals surface area contributed by atoms with Crippen LogP contribution >= 0.6 is 11.3 Å². The summed E-state index contributed by atoms with van der Waals surface area (Å²) in [6.07, 6.45) is 0.772. The Balaban J connectivity index is 2.47. The van der Waals surface area contributed by atoms with Gasteiger partial charge in [-0.1, -0.05) is 6.07 Å². The fourth-order valence-corrected chi connectivity index (χ4v) is 2.21. The van der Waals surface area contributed by atoms with Gasteiger partial charge < -0.3 is 15.7 Å². The largest absolute Gasteiger partial charge is 0.481 e. The van der Waals surface area contributed by atoms with Crippen LogP contribution in [-0.2, 0) is 11.2 Å². The highest BCUT2D eigenvalue weighted by Gasteiger charge is 2.44. The van der Waals surface area contributed by atoms with Crippen molar-refractivity contribution in [3.8, 4) is 0 Å². The van der Waals surface area contributed by atoms with Gasteiger partial charge in [0.2, 0.25) is 0 Å². The molecule has 1 heterocycles. The molecule has 1 aromatic rings. The van der Waals surface area contributed by atoms with Crippen molar-refractivity contribution >= 4 is 23.3 Å². The van der Waals surface area contributed by atoms with Crippen LogP contribution in [0.1, 0.15) is 32.6 Å². The van der Waals surface area contributed by atoms with E-state index < -0.39 is 16.9 Å². The second kappa shape index (κ2) is 6.26. The third-order valence-corrected chi connectivity index (χ3v) is 4.70. The van der Waals surface area contributed by atoms with Crippen molar-refractivity contribution in [3.63, 3.8) is 0 Å². The molecule has 0 radical (unpaired) electrons. The van der Waals surface area contributed by atoms with E-state index in [1.165, 1.54) is 4.88 Å². The van der Waals surface area contributed by atoms with Gasteiger partial charge in [-0.25, -0.2) is 4.79 Å². The summed E-state index contributed by atoms with van der Waals surface area (Å²) < 4.78 is 0. The Labute approximate surface area is 123 Å². The number of carboxylic acids is 1. The normalized spacial score (nSPS) is 12.0. The van der Waals surface area contributed by atoms with Crippen LogP contribution in [0, 0.1) is 5.41 Å². The zero-order valence-corrected chi connectivity index (χ0v) is 13.1. The highest BCUT2D eigenvalue weighted by Crippen LogP contribution is 2.30. The van der Waals surface area contributed by atoms with Gasteiger partial charge in [-0.05, 0) is 45.6 Å². The molecule has 1 rings (SSSR count). The Bertz CT molecular complexity index is 467. The Kier molecular flexibility index (Phi) is 5.16. The third-order valence-electron chi connectivity index (χ3n) is 3.76. The number of thiophene rings is 1. The van der Waals surface area contributed by atoms with Crippen molar-refractivity contribution in [2.75, 3.05) is 6.54 Å². The van der Waals surface area contributed by atoms with Crippen molar-refractivity contribution in [1.82, 2.24) is 10.6 Å². The smallest absolute Gasteiger partial charge is 0.315 e. The second-order valence-electron chi connectivity index (χ2n) is 5.77. The van der Waals surface area contributed by atoms with E-state index in [2.05, 4.69) is 10.6 Å². The average Bonchev–Trinajstić information content (AvgIpc) is 2.80. The minimum Gasteiger partial charge on any atom is -0.481 e. The number of hydrogen-bond acceptors (Lipinski definition) is 3. The zero-order valence-electron chi connectivity index (χ0n) is 12.3. The van der Waals surface area contributed by atoms with Crippen LogP contribution in [0.25, 0.3) is 0 Å². The van der Waals surface area contributed by atoms with Crippen LogP contribution < -0.4 is 10.6 Å². The lowest BCUT2D eigenvalue weighted by molar-refractivity contribution is -0.150. The summed E-state index contributed by atoms with van der Waals surface area (Å²) in [6.45, 7) is 7.14. The van der Waals surface area contributed by atoms with Crippen LogP contribution in [-0.4, -0.2) is 29.2 Å². The molecule has 0 saturated carbocycles. The van der Waals surface area contributed by atoms with Gasteiger partial charge in [0.15, 0.2) is 0 Å². The molecule has 0 bridgehead atoms. The minimum atomic E-state index is -1.06. The van der Waals surface area contributed by atoms with Gasteiger partial charge in [0.05, 0.1) is 11.0 Å². The van der Waals surface area contributed by atoms with E-state index in [9.17, 15) is 14.7 Å². The van der Waals surface area contributed by atoms with Gasteiger partial charge in [-0.15, -0.1) is 11.3 Å². The molecule has 0 saturated heterocycles. The van der Waals surface area contributed by atoms with Gasteiger partial charge in [0, 0.05) is 11.4 Å². The molecule has 0 spiro atoms. The summed E-state index contributed by atoms with van der Waals surface area (Å²) in [5.74, 6) is -0.943. The lowest BCUT2D eigenvalue weighted by Crippen LogP contribution is -2.59. The number of urea groups is 1. The van der Waals surface area contributed by atoms with Crippen molar-refractivity contribution in [2.45, 2.75) is 39.7 Å². The van der Waals surface area contributed by atoms with Crippen molar-refractivity contribution in [1.29, 1.82) is 0 Å². The van der Waals surface area contributed by atoms with E-state index in [4.69, 9.17) is 0 Å². The van der Waals surface area contributed by atoms with Crippen LogP contribution in [0.4, 0.5) is 4.79 Å². The third kappa shape index (κ3) is 3.96. The summed E-state index contributed by atoms with van der Waals surface area (Å²) in [5.41, 5.74) is -1.91. The first-order chi connectivity index (χ1) is 9.17. The fourth-order valence-electron chi connectivity index (χ4n) is 1.51. The molecule has 3 N–H and O–H groups in total. The van der Waals surface area contributed by atoms with Crippen LogP contribution in [0.3, 0.4) is 0 Å². The quantitative estimate of drug-likeness (QED) is 0.755. The Morgan fingerprint density at radius 2 is 1.95 bits per heavy atom. The topological polar surface area (TPSA) is 78.4 Å². The lowest BCUT2D eigenvalue weighted by Gasteiger charge is -2.38. The number of aliphatic carboxylic acids is 1. The maximum absolute atomic E-state index is 11.8. The molecule has 0 aromatic carbocycles. The summed E-state index contributed by atoms with van der Waals surface area (Å²) in [4.78, 5) is 24.3. The van der Waals surface area contributed by atoms with Gasteiger partial charge in [0.25, 0.3) is 0 Å². The Morgan fingerprint density at radius 3 is 2.45 bits per heavy atom. The van der Waals surface area contributed by atoms with Crippen LogP contribution in [0.15, 0.2) is 17.5 Å².